The fraction of sp³-hybridized carbons (Fsp3) is 1.00. The van der Waals surface area contributed by atoms with Crippen LogP contribution in [0.25, 0.3) is 0 Å². The van der Waals surface area contributed by atoms with Crippen LogP contribution in [0.3, 0.4) is 0 Å². The van der Waals surface area contributed by atoms with Gasteiger partial charge in [-0.15, -0.1) is 0 Å². The Hall–Kier alpha value is -0.600. The SMILES string of the molecule is C1CCNCC1.O=S(=O)(F)NS(=O)(=O)C(F)(F)C(F)(F)F. The van der Waals surface area contributed by atoms with Crippen LogP contribution in [0.2, 0.25) is 0 Å². The third-order valence-electron chi connectivity index (χ3n) is 2.08. The van der Waals surface area contributed by atoms with Gasteiger partial charge in [0.15, 0.2) is 0 Å². The molecule has 0 spiro atoms. The first-order chi connectivity index (χ1) is 9.21. The van der Waals surface area contributed by atoms with Crippen LogP contribution in [0.5, 0.6) is 0 Å². The van der Waals surface area contributed by atoms with Crippen LogP contribution in [-0.2, 0) is 20.4 Å². The minimum atomic E-state index is -6.75. The van der Waals surface area contributed by atoms with Crippen molar-refractivity contribution in [1.82, 2.24) is 9.44 Å². The van der Waals surface area contributed by atoms with Gasteiger partial charge in [-0.3, -0.25) is 0 Å². The van der Waals surface area contributed by atoms with E-state index in [1.54, 1.807) is 0 Å². The van der Waals surface area contributed by atoms with Gasteiger partial charge in [0.1, 0.15) is 0 Å². The summed E-state index contributed by atoms with van der Waals surface area (Å²) in [6, 6.07) is 0. The fourth-order valence-corrected chi connectivity index (χ4v) is 2.91. The third kappa shape index (κ3) is 6.80. The number of alkyl halides is 5. The Balaban J connectivity index is 0.000000547. The molecule has 0 aliphatic carbocycles. The molecule has 21 heavy (non-hydrogen) atoms. The minimum absolute atomic E-state index is 0.450. The summed E-state index contributed by atoms with van der Waals surface area (Å²) in [5.74, 6) is 0. The molecular weight excluding hydrogens is 354 g/mol. The van der Waals surface area contributed by atoms with E-state index in [9.17, 15) is 42.7 Å². The zero-order valence-corrected chi connectivity index (χ0v) is 11.9. The van der Waals surface area contributed by atoms with Crippen molar-refractivity contribution in [2.75, 3.05) is 13.1 Å². The van der Waals surface area contributed by atoms with Gasteiger partial charge in [-0.25, -0.2) is 8.42 Å². The highest BCUT2D eigenvalue weighted by Crippen LogP contribution is 2.39. The molecule has 6 nitrogen and oxygen atoms in total. The van der Waals surface area contributed by atoms with Crippen molar-refractivity contribution >= 4 is 20.4 Å². The number of hydrogen-bond acceptors (Lipinski definition) is 5. The first-order valence-corrected chi connectivity index (χ1v) is 8.20. The number of rotatable bonds is 3. The summed E-state index contributed by atoms with van der Waals surface area (Å²) in [4.78, 5) is 0. The number of sulfonamides is 1. The standard InChI is InChI=1S/C5H11N.C2HF6NO4S2/c1-2-4-6-5-3-1;3-1(4,5)2(6,7)14(10,11)9-15(8,12)13/h6H,1-5H2;9H. The molecule has 0 saturated carbocycles. The molecule has 0 bridgehead atoms. The van der Waals surface area contributed by atoms with Crippen molar-refractivity contribution in [2.24, 2.45) is 0 Å². The van der Waals surface area contributed by atoms with Crippen LogP contribution in [0, 0.1) is 0 Å². The molecule has 1 heterocycles. The lowest BCUT2D eigenvalue weighted by Crippen LogP contribution is -2.50. The maximum absolute atomic E-state index is 12.0. The first kappa shape index (κ1) is 20.4. The largest absolute Gasteiger partial charge is 0.471 e. The lowest BCUT2D eigenvalue weighted by Gasteiger charge is -2.18. The molecule has 2 N–H and O–H groups in total. The fourth-order valence-electron chi connectivity index (χ4n) is 1.14. The van der Waals surface area contributed by atoms with Gasteiger partial charge < -0.3 is 5.32 Å². The molecule has 0 atom stereocenters. The van der Waals surface area contributed by atoms with Gasteiger partial charge in [0.25, 0.3) is 0 Å². The van der Waals surface area contributed by atoms with E-state index in [4.69, 9.17) is 0 Å². The van der Waals surface area contributed by atoms with Crippen LogP contribution in [-0.4, -0.2) is 41.4 Å². The normalized spacial score (nSPS) is 17.8. The maximum atomic E-state index is 12.0. The molecule has 0 amide bonds. The minimum Gasteiger partial charge on any atom is -0.317 e. The van der Waals surface area contributed by atoms with Crippen LogP contribution in [0.1, 0.15) is 19.3 Å². The Morgan fingerprint density at radius 2 is 1.29 bits per heavy atom. The zero-order chi connectivity index (χ0) is 16.9. The zero-order valence-electron chi connectivity index (χ0n) is 10.3. The smallest absolute Gasteiger partial charge is 0.317 e. The lowest BCUT2D eigenvalue weighted by molar-refractivity contribution is -0.241. The summed E-state index contributed by atoms with van der Waals surface area (Å²) < 4.78 is 109. The molecule has 1 saturated heterocycles. The average molecular weight is 366 g/mol. The molecule has 1 aliphatic rings. The molecule has 14 heteroatoms. The highest BCUT2D eigenvalue weighted by Gasteiger charge is 2.68. The molecule has 0 aromatic carbocycles. The highest BCUT2D eigenvalue weighted by molar-refractivity contribution is 8.03. The van der Waals surface area contributed by atoms with Gasteiger partial charge >= 0.3 is 31.9 Å². The highest BCUT2D eigenvalue weighted by atomic mass is 32.3. The monoisotopic (exact) mass is 366 g/mol. The Kier molecular flexibility index (Phi) is 6.90. The van der Waals surface area contributed by atoms with E-state index in [2.05, 4.69) is 5.32 Å². The van der Waals surface area contributed by atoms with E-state index in [0.717, 1.165) is 0 Å². The molecule has 0 aromatic rings. The molecular formula is C7H12F6N2O4S2. The van der Waals surface area contributed by atoms with E-state index in [0.29, 0.717) is 0 Å². The molecule has 0 radical (unpaired) electrons. The topological polar surface area (TPSA) is 92.3 Å². The summed E-state index contributed by atoms with van der Waals surface area (Å²) in [7, 11) is -13.0. The van der Waals surface area contributed by atoms with Gasteiger partial charge in [0.2, 0.25) is 0 Å². The van der Waals surface area contributed by atoms with Gasteiger partial charge in [-0.05, 0) is 25.9 Å². The van der Waals surface area contributed by atoms with Gasteiger partial charge in [-0.1, -0.05) is 14.4 Å². The Morgan fingerprint density at radius 1 is 0.857 bits per heavy atom. The summed E-state index contributed by atoms with van der Waals surface area (Å²) >= 11 is 0. The van der Waals surface area contributed by atoms with Crippen molar-refractivity contribution in [3.8, 4) is 0 Å². The number of nitrogens with one attached hydrogen (secondary N) is 2. The maximum Gasteiger partial charge on any atom is 0.471 e. The molecule has 1 aliphatic heterocycles. The summed E-state index contributed by atoms with van der Waals surface area (Å²) in [6.45, 7) is 2.50. The number of hydrogen-bond donors (Lipinski definition) is 2. The van der Waals surface area contributed by atoms with E-state index in [1.807, 2.05) is 0 Å². The van der Waals surface area contributed by atoms with E-state index < -0.39 is 36.0 Å². The van der Waals surface area contributed by atoms with Gasteiger partial charge in [0, 0.05) is 0 Å². The lowest BCUT2D eigenvalue weighted by atomic mass is 10.2. The van der Waals surface area contributed by atoms with Crippen molar-refractivity contribution in [2.45, 2.75) is 30.7 Å². The van der Waals surface area contributed by atoms with Crippen molar-refractivity contribution in [3.63, 3.8) is 0 Å². The van der Waals surface area contributed by atoms with E-state index in [-0.39, 0.29) is 0 Å². The second-order valence-corrected chi connectivity index (χ2v) is 6.91. The van der Waals surface area contributed by atoms with Crippen LogP contribution in [0.4, 0.5) is 25.8 Å². The van der Waals surface area contributed by atoms with Crippen LogP contribution in [0.15, 0.2) is 0 Å². The second kappa shape index (κ2) is 7.11. The summed E-state index contributed by atoms with van der Waals surface area (Å²) in [6.07, 6.45) is -2.35. The first-order valence-electron chi connectivity index (χ1n) is 5.34. The Morgan fingerprint density at radius 3 is 1.48 bits per heavy atom. The molecule has 128 valence electrons. The van der Waals surface area contributed by atoms with Gasteiger partial charge in [-0.2, -0.15) is 30.4 Å². The number of halogens is 6. The molecule has 1 fully saturated rings. The average Bonchev–Trinajstić information content (AvgIpc) is 2.27. The van der Waals surface area contributed by atoms with Crippen molar-refractivity contribution in [3.05, 3.63) is 0 Å². The Bertz CT molecular complexity index is 514. The van der Waals surface area contributed by atoms with Crippen molar-refractivity contribution in [1.29, 1.82) is 0 Å². The molecule has 0 unspecified atom stereocenters. The third-order valence-corrected chi connectivity index (χ3v) is 4.66. The molecule has 0 aromatic heterocycles. The van der Waals surface area contributed by atoms with Crippen LogP contribution >= 0.6 is 0 Å². The molecule has 1 rings (SSSR count). The summed E-state index contributed by atoms with van der Waals surface area (Å²) in [5, 5.41) is -3.13. The van der Waals surface area contributed by atoms with Gasteiger partial charge in [0.05, 0.1) is 0 Å². The van der Waals surface area contributed by atoms with Crippen LogP contribution < -0.4 is 9.44 Å². The quantitative estimate of drug-likeness (QED) is 0.575. The summed E-state index contributed by atoms with van der Waals surface area (Å²) in [5.41, 5.74) is 0. The predicted molar refractivity (Wildman–Crippen MR) is 59.8 cm³/mol. The Labute approximate surface area is 117 Å². The van der Waals surface area contributed by atoms with E-state index in [1.165, 1.54) is 32.4 Å². The predicted octanol–water partition coefficient (Wildman–Crippen LogP) is 1.04. The van der Waals surface area contributed by atoms with Crippen molar-refractivity contribution < 1.29 is 42.7 Å². The van der Waals surface area contributed by atoms with E-state index >= 15 is 0 Å². The number of piperidine rings is 1. The second-order valence-electron chi connectivity index (χ2n) is 3.85.